The number of methoxy groups -OCH3 is 1. The summed E-state index contributed by atoms with van der Waals surface area (Å²) < 4.78 is 4.90. The van der Waals surface area contributed by atoms with Crippen LogP contribution in [0, 0.1) is 0 Å². The van der Waals surface area contributed by atoms with Crippen LogP contribution in [-0.2, 0) is 4.74 Å². The third kappa shape index (κ3) is 1.89. The summed E-state index contributed by atoms with van der Waals surface area (Å²) in [5.41, 5.74) is 1.81. The fourth-order valence-electron chi connectivity index (χ4n) is 2.04. The van der Waals surface area contributed by atoms with Crippen LogP contribution in [0.5, 0.6) is 0 Å². The van der Waals surface area contributed by atoms with Gasteiger partial charge in [0.15, 0.2) is 5.76 Å². The number of hydrogen-bond acceptors (Lipinski definition) is 5. The molecule has 2 aromatic rings. The molecule has 5 heteroatoms. The maximum atomic E-state index is 12.0. The molecule has 0 unspecified atom stereocenters. The predicted molar refractivity (Wildman–Crippen MR) is 71.2 cm³/mol. The molecule has 5 nitrogen and oxygen atoms in total. The molecule has 3 rings (SSSR count). The number of carbonyl (C=O) groups excluding carboxylic acids is 2. The van der Waals surface area contributed by atoms with Crippen LogP contribution >= 0.6 is 0 Å². The van der Waals surface area contributed by atoms with E-state index in [1.807, 2.05) is 6.07 Å². The van der Waals surface area contributed by atoms with Gasteiger partial charge in [-0.15, -0.1) is 0 Å². The zero-order chi connectivity index (χ0) is 14.1. The molecule has 2 aromatic heterocycles. The molecule has 0 saturated carbocycles. The van der Waals surface area contributed by atoms with Gasteiger partial charge in [0, 0.05) is 24.0 Å². The van der Waals surface area contributed by atoms with E-state index in [2.05, 4.69) is 9.97 Å². The Morgan fingerprint density at radius 1 is 1.15 bits per heavy atom. The lowest BCUT2D eigenvalue weighted by atomic mass is 9.97. The highest BCUT2D eigenvalue weighted by atomic mass is 16.5. The Hall–Kier alpha value is -2.82. The van der Waals surface area contributed by atoms with Crippen molar-refractivity contribution in [2.24, 2.45) is 0 Å². The van der Waals surface area contributed by atoms with E-state index in [1.54, 1.807) is 30.6 Å². The molecule has 20 heavy (non-hydrogen) atoms. The summed E-state index contributed by atoms with van der Waals surface area (Å²) in [5.74, 6) is -0.618. The van der Waals surface area contributed by atoms with Crippen LogP contribution in [0.2, 0.25) is 0 Å². The molecule has 0 aromatic carbocycles. The maximum absolute atomic E-state index is 12.0. The minimum absolute atomic E-state index is 0.0402. The molecule has 2 heterocycles. The smallest absolute Gasteiger partial charge is 0.229 e. The number of aromatic nitrogens is 2. The van der Waals surface area contributed by atoms with Gasteiger partial charge < -0.3 is 4.74 Å². The largest absolute Gasteiger partial charge is 0.492 e. The minimum Gasteiger partial charge on any atom is -0.492 e. The number of ether oxygens (including phenoxy) is 1. The molecule has 0 aliphatic heterocycles. The lowest BCUT2D eigenvalue weighted by molar-refractivity contribution is 0.0914. The Morgan fingerprint density at radius 2 is 2.00 bits per heavy atom. The Labute approximate surface area is 114 Å². The van der Waals surface area contributed by atoms with Crippen molar-refractivity contribution in [3.8, 4) is 11.3 Å². The van der Waals surface area contributed by atoms with Crippen molar-refractivity contribution in [2.75, 3.05) is 7.11 Å². The van der Waals surface area contributed by atoms with E-state index >= 15 is 0 Å². The van der Waals surface area contributed by atoms with Gasteiger partial charge in [-0.05, 0) is 24.3 Å². The predicted octanol–water partition coefficient (Wildman–Crippen LogP) is 2.05. The van der Waals surface area contributed by atoms with E-state index < -0.39 is 0 Å². The average molecular weight is 266 g/mol. The summed E-state index contributed by atoms with van der Waals surface area (Å²) in [5, 5.41) is 0. The Morgan fingerprint density at radius 3 is 2.70 bits per heavy atom. The van der Waals surface area contributed by atoms with Crippen molar-refractivity contribution in [1.29, 1.82) is 0 Å². The second kappa shape index (κ2) is 4.70. The van der Waals surface area contributed by atoms with Gasteiger partial charge in [0.2, 0.25) is 11.6 Å². The molecule has 0 saturated heterocycles. The summed E-state index contributed by atoms with van der Waals surface area (Å²) in [7, 11) is 1.36. The van der Waals surface area contributed by atoms with Crippen molar-refractivity contribution in [3.63, 3.8) is 0 Å². The van der Waals surface area contributed by atoms with Crippen LogP contribution in [-0.4, -0.2) is 28.6 Å². The van der Waals surface area contributed by atoms with Gasteiger partial charge in [-0.25, -0.2) is 4.98 Å². The van der Waals surface area contributed by atoms with Crippen molar-refractivity contribution >= 4 is 11.6 Å². The summed E-state index contributed by atoms with van der Waals surface area (Å²) >= 11 is 0. The normalized spacial score (nSPS) is 13.8. The number of carbonyl (C=O) groups is 2. The number of ketones is 2. The van der Waals surface area contributed by atoms with Crippen LogP contribution < -0.4 is 0 Å². The highest BCUT2D eigenvalue weighted by Gasteiger charge is 2.27. The van der Waals surface area contributed by atoms with Crippen LogP contribution in [0.4, 0.5) is 0 Å². The lowest BCUT2D eigenvalue weighted by Crippen LogP contribution is -2.19. The van der Waals surface area contributed by atoms with Crippen molar-refractivity contribution in [2.45, 2.75) is 0 Å². The van der Waals surface area contributed by atoms with Gasteiger partial charge in [0.1, 0.15) is 5.69 Å². The Bertz CT molecular complexity index is 736. The van der Waals surface area contributed by atoms with Crippen LogP contribution in [0.3, 0.4) is 0 Å². The molecular weight excluding hydrogens is 256 g/mol. The Kier molecular flexibility index (Phi) is 2.87. The molecule has 1 aliphatic carbocycles. The number of allylic oxidation sites excluding steroid dienone is 2. The van der Waals surface area contributed by atoms with E-state index in [9.17, 15) is 9.59 Å². The topological polar surface area (TPSA) is 69.2 Å². The van der Waals surface area contributed by atoms with Gasteiger partial charge >= 0.3 is 0 Å². The minimum atomic E-state index is -0.331. The second-order valence-corrected chi connectivity index (χ2v) is 4.24. The highest BCUT2D eigenvalue weighted by molar-refractivity contribution is 6.23. The monoisotopic (exact) mass is 266 g/mol. The molecule has 0 N–H and O–H groups in total. The molecular formula is C15H10N2O3. The van der Waals surface area contributed by atoms with E-state index in [1.165, 1.54) is 13.2 Å². The third-order valence-corrected chi connectivity index (χ3v) is 3.04. The molecule has 0 radical (unpaired) electrons. The second-order valence-electron chi connectivity index (χ2n) is 4.24. The van der Waals surface area contributed by atoms with E-state index in [4.69, 9.17) is 4.74 Å². The summed E-state index contributed by atoms with van der Waals surface area (Å²) in [6.07, 6.45) is 4.48. The van der Waals surface area contributed by atoms with E-state index in [-0.39, 0.29) is 28.6 Å². The number of hydrogen-bond donors (Lipinski definition) is 0. The first kappa shape index (κ1) is 12.2. The summed E-state index contributed by atoms with van der Waals surface area (Å²) in [6, 6.07) is 6.91. The van der Waals surface area contributed by atoms with Gasteiger partial charge in [-0.1, -0.05) is 0 Å². The fourth-order valence-corrected chi connectivity index (χ4v) is 2.04. The standard InChI is InChI=1S/C15H10N2O3/c1-20-13-7-12(18)14-10(15(13)19)4-5-11(17-14)9-3-2-6-16-8-9/h2-8H,1H3. The molecule has 0 bridgehead atoms. The van der Waals surface area contributed by atoms with E-state index in [0.717, 1.165) is 5.56 Å². The number of fused-ring (bicyclic) bond motifs is 1. The summed E-state index contributed by atoms with van der Waals surface area (Å²) in [6.45, 7) is 0. The average Bonchev–Trinajstić information content (AvgIpc) is 2.51. The summed E-state index contributed by atoms with van der Waals surface area (Å²) in [4.78, 5) is 32.3. The molecule has 0 atom stereocenters. The highest BCUT2D eigenvalue weighted by Crippen LogP contribution is 2.24. The van der Waals surface area contributed by atoms with Crippen molar-refractivity contribution < 1.29 is 14.3 Å². The first-order valence-corrected chi connectivity index (χ1v) is 5.97. The molecule has 0 amide bonds. The van der Waals surface area contributed by atoms with Crippen LogP contribution in [0.25, 0.3) is 11.3 Å². The SMILES string of the molecule is COC1=CC(=O)c2nc(-c3cccnc3)ccc2C1=O. The van der Waals surface area contributed by atoms with E-state index in [0.29, 0.717) is 5.69 Å². The molecule has 0 fully saturated rings. The van der Waals surface area contributed by atoms with Gasteiger partial charge in [0.25, 0.3) is 0 Å². The third-order valence-electron chi connectivity index (χ3n) is 3.04. The molecule has 98 valence electrons. The fraction of sp³-hybridized carbons (Fsp3) is 0.0667. The van der Waals surface area contributed by atoms with Crippen molar-refractivity contribution in [1.82, 2.24) is 9.97 Å². The molecule has 0 spiro atoms. The Balaban J connectivity index is 2.12. The van der Waals surface area contributed by atoms with Crippen molar-refractivity contribution in [3.05, 3.63) is 59.8 Å². The van der Waals surface area contributed by atoms with Crippen LogP contribution in [0.1, 0.15) is 20.8 Å². The van der Waals surface area contributed by atoms with Gasteiger partial charge in [-0.3, -0.25) is 14.6 Å². The number of rotatable bonds is 2. The maximum Gasteiger partial charge on any atom is 0.229 e. The first-order valence-electron chi connectivity index (χ1n) is 5.97. The van der Waals surface area contributed by atoms with Gasteiger partial charge in [0.05, 0.1) is 18.4 Å². The molecule has 1 aliphatic rings. The first-order chi connectivity index (χ1) is 9.70. The zero-order valence-electron chi connectivity index (χ0n) is 10.7. The van der Waals surface area contributed by atoms with Gasteiger partial charge in [-0.2, -0.15) is 0 Å². The number of Topliss-reactive ketones (excluding diaryl/α,β-unsaturated/α-hetero) is 1. The zero-order valence-corrected chi connectivity index (χ0v) is 10.7. The number of nitrogens with zero attached hydrogens (tertiary/aromatic N) is 2. The number of pyridine rings is 2. The quantitative estimate of drug-likeness (QED) is 0.832. The lowest BCUT2D eigenvalue weighted by Gasteiger charge is -2.14. The van der Waals surface area contributed by atoms with Crippen LogP contribution in [0.15, 0.2) is 48.5 Å².